The molecule has 3 unspecified atom stereocenters. The molecule has 2 N–H and O–H groups in total. The van der Waals surface area contributed by atoms with Gasteiger partial charge in [0.05, 0.1) is 0 Å². The van der Waals surface area contributed by atoms with Crippen LogP contribution in [0.4, 0.5) is 0 Å². The summed E-state index contributed by atoms with van der Waals surface area (Å²) < 4.78 is 0. The Labute approximate surface area is 56.6 Å². The largest absolute Gasteiger partial charge is 0.328 e. The minimum absolute atomic E-state index is 0.463. The summed E-state index contributed by atoms with van der Waals surface area (Å²) in [6.07, 6.45) is 1.48. The van der Waals surface area contributed by atoms with Crippen LogP contribution in [0.15, 0.2) is 0 Å². The molecule has 3 rings (SSSR count). The number of hydrogen-bond acceptors (Lipinski definition) is 1. The lowest BCUT2D eigenvalue weighted by Gasteiger charge is -2.65. The molecule has 2 bridgehead atoms. The number of rotatable bonds is 1. The maximum atomic E-state index is 5.78. The highest BCUT2D eigenvalue weighted by Crippen LogP contribution is 2.63. The molecule has 3 saturated carbocycles. The van der Waals surface area contributed by atoms with Crippen molar-refractivity contribution in [1.29, 1.82) is 0 Å². The van der Waals surface area contributed by atoms with Crippen LogP contribution >= 0.6 is 0 Å². The Bertz CT molecular complexity index is 121. The smallest absolute Gasteiger partial charge is 0.00442 e. The van der Waals surface area contributed by atoms with Crippen molar-refractivity contribution in [1.82, 2.24) is 0 Å². The van der Waals surface area contributed by atoms with Gasteiger partial charge < -0.3 is 5.73 Å². The summed E-state index contributed by atoms with van der Waals surface area (Å²) in [5, 5.41) is 0. The second kappa shape index (κ2) is 1.51. The van der Waals surface area contributed by atoms with Crippen LogP contribution in [0.25, 0.3) is 0 Å². The van der Waals surface area contributed by atoms with Gasteiger partial charge in [0.25, 0.3) is 0 Å². The van der Waals surface area contributed by atoms with Gasteiger partial charge in [0, 0.05) is 6.04 Å². The third-order valence-corrected chi connectivity index (χ3v) is 3.49. The Morgan fingerprint density at radius 1 is 1.44 bits per heavy atom. The molecule has 0 aromatic rings. The molecule has 3 atom stereocenters. The molecule has 3 fully saturated rings. The Balaban J connectivity index is 1.95. The summed E-state index contributed by atoms with van der Waals surface area (Å²) in [4.78, 5) is 0. The summed E-state index contributed by atoms with van der Waals surface area (Å²) in [6.45, 7) is 4.51. The second-order valence-corrected chi connectivity index (χ2v) is 3.86. The van der Waals surface area contributed by atoms with Crippen LogP contribution in [0.1, 0.15) is 20.3 Å². The van der Waals surface area contributed by atoms with Crippen molar-refractivity contribution in [3.05, 3.63) is 0 Å². The molecule has 1 heteroatoms. The Kier molecular flexibility index (Phi) is 0.963. The van der Waals surface area contributed by atoms with Gasteiger partial charge in [-0.3, -0.25) is 0 Å². The zero-order valence-electron chi connectivity index (χ0n) is 6.17. The zero-order valence-corrected chi connectivity index (χ0v) is 6.17. The van der Waals surface area contributed by atoms with Gasteiger partial charge in [-0.05, 0) is 37.0 Å². The predicted octanol–water partition coefficient (Wildman–Crippen LogP) is 1.24. The lowest BCUT2D eigenvalue weighted by Crippen LogP contribution is -2.63. The molecule has 0 spiro atoms. The summed E-state index contributed by atoms with van der Waals surface area (Å²) in [5.41, 5.74) is 5.78. The van der Waals surface area contributed by atoms with Crippen molar-refractivity contribution in [2.24, 2.45) is 29.4 Å². The first-order chi connectivity index (χ1) is 4.22. The first-order valence-corrected chi connectivity index (χ1v) is 3.97. The number of hydrogen-bond donors (Lipinski definition) is 1. The second-order valence-electron chi connectivity index (χ2n) is 3.86. The minimum Gasteiger partial charge on any atom is -0.328 e. The highest BCUT2D eigenvalue weighted by atomic mass is 14.7. The van der Waals surface area contributed by atoms with Crippen molar-refractivity contribution in [3.63, 3.8) is 0 Å². The van der Waals surface area contributed by atoms with Gasteiger partial charge in [0.2, 0.25) is 0 Å². The van der Waals surface area contributed by atoms with Crippen molar-refractivity contribution in [2.75, 3.05) is 0 Å². The molecule has 0 amide bonds. The molecule has 0 radical (unpaired) electrons. The standard InChI is InChI=1S/C8H15N/c1-4-6-3-7(4)8(6)5(2)9/h4-8H,3,9H2,1-2H3. The summed E-state index contributed by atoms with van der Waals surface area (Å²) in [6, 6.07) is 0.463. The highest BCUT2D eigenvalue weighted by molar-refractivity contribution is 5.08. The first kappa shape index (κ1) is 5.72. The molecule has 3 aliphatic rings. The van der Waals surface area contributed by atoms with Crippen LogP contribution in [0.3, 0.4) is 0 Å². The van der Waals surface area contributed by atoms with Crippen LogP contribution in [-0.4, -0.2) is 6.04 Å². The van der Waals surface area contributed by atoms with Crippen LogP contribution in [-0.2, 0) is 0 Å². The SMILES string of the molecule is CC(N)C1C2CC1C2C. The maximum Gasteiger partial charge on any atom is 0.00442 e. The lowest BCUT2D eigenvalue weighted by molar-refractivity contribution is -0.160. The number of nitrogens with two attached hydrogens (primary N) is 1. The maximum absolute atomic E-state index is 5.78. The average Bonchev–Trinajstić information content (AvgIpc) is 1.58. The van der Waals surface area contributed by atoms with Crippen molar-refractivity contribution < 1.29 is 0 Å². The van der Waals surface area contributed by atoms with Gasteiger partial charge >= 0.3 is 0 Å². The molecular weight excluding hydrogens is 110 g/mol. The highest BCUT2D eigenvalue weighted by Gasteiger charge is 2.59. The molecule has 9 heavy (non-hydrogen) atoms. The van der Waals surface area contributed by atoms with E-state index in [-0.39, 0.29) is 0 Å². The molecule has 0 aliphatic heterocycles. The third-order valence-electron chi connectivity index (χ3n) is 3.49. The quantitative estimate of drug-likeness (QED) is 0.560. The molecular formula is C8H15N. The molecule has 0 aromatic carbocycles. The average molecular weight is 125 g/mol. The van der Waals surface area contributed by atoms with Gasteiger partial charge in [-0.1, -0.05) is 6.92 Å². The van der Waals surface area contributed by atoms with E-state index in [1.165, 1.54) is 6.42 Å². The van der Waals surface area contributed by atoms with Crippen LogP contribution in [0.2, 0.25) is 0 Å². The van der Waals surface area contributed by atoms with E-state index in [1.54, 1.807) is 0 Å². The Hall–Kier alpha value is -0.0400. The van der Waals surface area contributed by atoms with Crippen molar-refractivity contribution in [2.45, 2.75) is 26.3 Å². The monoisotopic (exact) mass is 125 g/mol. The third kappa shape index (κ3) is 0.493. The van der Waals surface area contributed by atoms with E-state index in [0.29, 0.717) is 6.04 Å². The van der Waals surface area contributed by atoms with E-state index in [2.05, 4.69) is 13.8 Å². The van der Waals surface area contributed by atoms with Gasteiger partial charge in [-0.25, -0.2) is 0 Å². The fraction of sp³-hybridized carbons (Fsp3) is 1.00. The van der Waals surface area contributed by atoms with Crippen molar-refractivity contribution in [3.8, 4) is 0 Å². The molecule has 0 saturated heterocycles. The molecule has 0 heterocycles. The summed E-state index contributed by atoms with van der Waals surface area (Å²) >= 11 is 0. The molecule has 3 aliphatic carbocycles. The zero-order chi connectivity index (χ0) is 6.59. The molecule has 0 aromatic heterocycles. The topological polar surface area (TPSA) is 26.0 Å². The summed E-state index contributed by atoms with van der Waals surface area (Å²) in [5.74, 6) is 3.94. The van der Waals surface area contributed by atoms with Crippen LogP contribution < -0.4 is 5.73 Å². The van der Waals surface area contributed by atoms with E-state index in [1.807, 2.05) is 0 Å². The van der Waals surface area contributed by atoms with E-state index >= 15 is 0 Å². The normalized spacial score (nSPS) is 57.7. The first-order valence-electron chi connectivity index (χ1n) is 3.97. The van der Waals surface area contributed by atoms with Gasteiger partial charge in [-0.15, -0.1) is 0 Å². The molecule has 52 valence electrons. The fourth-order valence-electron chi connectivity index (χ4n) is 2.64. The Morgan fingerprint density at radius 2 is 2.00 bits per heavy atom. The van der Waals surface area contributed by atoms with E-state index in [9.17, 15) is 0 Å². The lowest BCUT2D eigenvalue weighted by atomic mass is 9.40. The van der Waals surface area contributed by atoms with Crippen LogP contribution in [0, 0.1) is 23.7 Å². The van der Waals surface area contributed by atoms with E-state index < -0.39 is 0 Å². The van der Waals surface area contributed by atoms with Gasteiger partial charge in [-0.2, -0.15) is 0 Å². The molecule has 1 nitrogen and oxygen atoms in total. The van der Waals surface area contributed by atoms with Crippen molar-refractivity contribution >= 4 is 0 Å². The minimum atomic E-state index is 0.463. The van der Waals surface area contributed by atoms with Gasteiger partial charge in [0.1, 0.15) is 0 Å². The summed E-state index contributed by atoms with van der Waals surface area (Å²) in [7, 11) is 0. The van der Waals surface area contributed by atoms with Gasteiger partial charge in [0.15, 0.2) is 0 Å². The van der Waals surface area contributed by atoms with E-state index in [0.717, 1.165) is 23.7 Å². The Morgan fingerprint density at radius 3 is 2.11 bits per heavy atom. The van der Waals surface area contributed by atoms with Crippen LogP contribution in [0.5, 0.6) is 0 Å². The fourth-order valence-corrected chi connectivity index (χ4v) is 2.64. The van der Waals surface area contributed by atoms with E-state index in [4.69, 9.17) is 5.73 Å². The predicted molar refractivity (Wildman–Crippen MR) is 37.9 cm³/mol.